The summed E-state index contributed by atoms with van der Waals surface area (Å²) in [4.78, 5) is 23.7. The summed E-state index contributed by atoms with van der Waals surface area (Å²) in [5, 5.41) is 4.10. The molecule has 0 saturated heterocycles. The first-order chi connectivity index (χ1) is 17.0. The fourth-order valence-electron chi connectivity index (χ4n) is 4.73. The Morgan fingerprint density at radius 2 is 2.06 bits per heavy atom. The Kier molecular flexibility index (Phi) is 7.80. The van der Waals surface area contributed by atoms with Gasteiger partial charge in [-0.1, -0.05) is 37.6 Å². The smallest absolute Gasteiger partial charge is 0.223 e. The van der Waals surface area contributed by atoms with Crippen LogP contribution in [0.4, 0.5) is 5.69 Å². The van der Waals surface area contributed by atoms with E-state index in [9.17, 15) is 4.79 Å². The van der Waals surface area contributed by atoms with Gasteiger partial charge in [0.2, 0.25) is 5.91 Å². The highest BCUT2D eigenvalue weighted by molar-refractivity contribution is 5.96. The van der Waals surface area contributed by atoms with E-state index in [-0.39, 0.29) is 11.8 Å². The first kappa shape index (κ1) is 24.5. The molecule has 1 aromatic carbocycles. The van der Waals surface area contributed by atoms with Crippen molar-refractivity contribution < 1.29 is 9.53 Å². The molecule has 1 saturated carbocycles. The minimum Gasteiger partial charge on any atom is -0.487 e. The van der Waals surface area contributed by atoms with E-state index in [1.807, 2.05) is 74.6 Å². The van der Waals surface area contributed by atoms with Gasteiger partial charge >= 0.3 is 0 Å². The zero-order chi connectivity index (χ0) is 24.8. The fraction of sp³-hybridized carbons (Fsp3) is 0.345. The number of carbonyl (C=O) groups is 1. The number of ether oxygens (including phenoxy) is 1. The lowest BCUT2D eigenvalue weighted by Gasteiger charge is -2.20. The van der Waals surface area contributed by atoms with Gasteiger partial charge in [-0.3, -0.25) is 9.78 Å². The molecule has 182 valence electrons. The van der Waals surface area contributed by atoms with Gasteiger partial charge in [0.1, 0.15) is 17.9 Å². The lowest BCUT2D eigenvalue weighted by Crippen LogP contribution is -2.29. The zero-order valence-electron chi connectivity index (χ0n) is 20.9. The molecule has 1 N–H and O–H groups in total. The second-order valence-electron chi connectivity index (χ2n) is 9.09. The summed E-state index contributed by atoms with van der Waals surface area (Å²) in [6.07, 6.45) is 13.7. The molecule has 6 nitrogen and oxygen atoms in total. The molecular formula is C29H34N4O2. The van der Waals surface area contributed by atoms with Gasteiger partial charge in [0.15, 0.2) is 0 Å². The molecule has 0 spiro atoms. The van der Waals surface area contributed by atoms with Crippen LogP contribution in [0.5, 0.6) is 5.75 Å². The standard InChI is InChI=1S/C29H34N4O2/c1-5-14-33(6-2)26-15-21(4)32-28-24(26)12-9-13-27(28)35-19-25-20(3)16-30-17-23(25)18-31-29(34)22-10-7-8-11-22/h5-6,9,12-17,22H,2,7-8,10-11,18-19H2,1,3-4H3,(H,31,34)/b14-5-. The Hall–Kier alpha value is -3.67. The number of benzene rings is 1. The van der Waals surface area contributed by atoms with Crippen LogP contribution in [-0.2, 0) is 17.9 Å². The van der Waals surface area contributed by atoms with Gasteiger partial charge in [-0.05, 0) is 56.9 Å². The lowest BCUT2D eigenvalue weighted by atomic mass is 10.0. The molecule has 1 fully saturated rings. The molecule has 1 aliphatic rings. The topological polar surface area (TPSA) is 67.3 Å². The Balaban J connectivity index is 1.58. The summed E-state index contributed by atoms with van der Waals surface area (Å²) >= 11 is 0. The maximum absolute atomic E-state index is 12.5. The summed E-state index contributed by atoms with van der Waals surface area (Å²) in [7, 11) is 0. The summed E-state index contributed by atoms with van der Waals surface area (Å²) in [6, 6.07) is 8.03. The number of allylic oxidation sites excluding steroid dienone is 1. The van der Waals surface area contributed by atoms with Crippen molar-refractivity contribution >= 4 is 22.5 Å². The zero-order valence-corrected chi connectivity index (χ0v) is 20.9. The lowest BCUT2D eigenvalue weighted by molar-refractivity contribution is -0.124. The van der Waals surface area contributed by atoms with Crippen molar-refractivity contribution in [3.05, 3.63) is 84.1 Å². The van der Waals surface area contributed by atoms with Gasteiger partial charge in [-0.2, -0.15) is 0 Å². The van der Waals surface area contributed by atoms with Gasteiger partial charge < -0.3 is 15.0 Å². The molecule has 1 aliphatic carbocycles. The summed E-state index contributed by atoms with van der Waals surface area (Å²) in [6.45, 7) is 10.8. The molecular weight excluding hydrogens is 436 g/mol. The van der Waals surface area contributed by atoms with E-state index >= 15 is 0 Å². The first-order valence-corrected chi connectivity index (χ1v) is 12.3. The van der Waals surface area contributed by atoms with Crippen molar-refractivity contribution in [3.63, 3.8) is 0 Å². The Morgan fingerprint density at radius 1 is 1.26 bits per heavy atom. The number of hydrogen-bond acceptors (Lipinski definition) is 5. The molecule has 2 aromatic heterocycles. The number of pyridine rings is 2. The number of anilines is 1. The van der Waals surface area contributed by atoms with Gasteiger partial charge in [0.25, 0.3) is 0 Å². The second kappa shape index (κ2) is 11.2. The third-order valence-corrected chi connectivity index (χ3v) is 6.61. The van der Waals surface area contributed by atoms with E-state index in [1.165, 1.54) is 0 Å². The third-order valence-electron chi connectivity index (χ3n) is 6.61. The number of hydrogen-bond donors (Lipinski definition) is 1. The SMILES string of the molecule is C=CN(/C=C\C)c1cc(C)nc2c(OCc3c(C)cncc3CNC(=O)C3CCCC3)cccc12. The van der Waals surface area contributed by atoms with Crippen molar-refractivity contribution in [2.75, 3.05) is 4.90 Å². The Labute approximate surface area is 207 Å². The van der Waals surface area contributed by atoms with Crippen LogP contribution in [0.1, 0.15) is 55.0 Å². The normalized spacial score (nSPS) is 13.9. The highest BCUT2D eigenvalue weighted by Crippen LogP contribution is 2.33. The third kappa shape index (κ3) is 5.53. The minimum atomic E-state index is 0.143. The maximum Gasteiger partial charge on any atom is 0.223 e. The number of aromatic nitrogens is 2. The molecule has 4 rings (SSSR count). The predicted molar refractivity (Wildman–Crippen MR) is 141 cm³/mol. The van der Waals surface area contributed by atoms with Crippen LogP contribution in [0.25, 0.3) is 10.9 Å². The molecule has 1 amide bonds. The van der Waals surface area contributed by atoms with Crippen molar-refractivity contribution in [1.29, 1.82) is 0 Å². The van der Waals surface area contributed by atoms with Crippen LogP contribution in [0.15, 0.2) is 61.7 Å². The largest absolute Gasteiger partial charge is 0.487 e. The quantitative estimate of drug-likeness (QED) is 0.408. The van der Waals surface area contributed by atoms with Gasteiger partial charge in [0.05, 0.1) is 5.69 Å². The highest BCUT2D eigenvalue weighted by atomic mass is 16.5. The summed E-state index contributed by atoms with van der Waals surface area (Å²) in [5.74, 6) is 1.00. The molecule has 0 radical (unpaired) electrons. The molecule has 0 aliphatic heterocycles. The van der Waals surface area contributed by atoms with Gasteiger partial charge in [0, 0.05) is 53.9 Å². The summed E-state index contributed by atoms with van der Waals surface area (Å²) in [5.41, 5.74) is 5.76. The number of nitrogens with one attached hydrogen (secondary N) is 1. The number of fused-ring (bicyclic) bond motifs is 1. The van der Waals surface area contributed by atoms with Crippen molar-refractivity contribution in [2.24, 2.45) is 5.92 Å². The van der Waals surface area contributed by atoms with Crippen LogP contribution in [0, 0.1) is 19.8 Å². The van der Waals surface area contributed by atoms with E-state index in [4.69, 9.17) is 9.72 Å². The van der Waals surface area contributed by atoms with E-state index in [0.29, 0.717) is 18.9 Å². The van der Waals surface area contributed by atoms with Crippen LogP contribution < -0.4 is 15.0 Å². The van der Waals surface area contributed by atoms with Crippen LogP contribution in [0.2, 0.25) is 0 Å². The number of para-hydroxylation sites is 1. The van der Waals surface area contributed by atoms with Gasteiger partial charge in [-0.25, -0.2) is 4.98 Å². The van der Waals surface area contributed by atoms with Crippen LogP contribution in [0.3, 0.4) is 0 Å². The van der Waals surface area contributed by atoms with Crippen LogP contribution in [-0.4, -0.2) is 15.9 Å². The molecule has 0 unspecified atom stereocenters. The maximum atomic E-state index is 12.5. The van der Waals surface area contributed by atoms with E-state index in [2.05, 4.69) is 16.9 Å². The number of nitrogens with zero attached hydrogens (tertiary/aromatic N) is 3. The monoisotopic (exact) mass is 470 g/mol. The van der Waals surface area contributed by atoms with Crippen molar-refractivity contribution in [2.45, 2.75) is 59.6 Å². The number of carbonyl (C=O) groups excluding carboxylic acids is 1. The molecule has 0 atom stereocenters. The van der Waals surface area contributed by atoms with Crippen molar-refractivity contribution in [1.82, 2.24) is 15.3 Å². The number of rotatable bonds is 9. The molecule has 35 heavy (non-hydrogen) atoms. The molecule has 2 heterocycles. The number of aryl methyl sites for hydroxylation is 2. The van der Waals surface area contributed by atoms with E-state index in [0.717, 1.165) is 64.7 Å². The van der Waals surface area contributed by atoms with E-state index < -0.39 is 0 Å². The van der Waals surface area contributed by atoms with Crippen LogP contribution >= 0.6 is 0 Å². The average molecular weight is 471 g/mol. The minimum absolute atomic E-state index is 0.143. The fourth-order valence-corrected chi connectivity index (χ4v) is 4.73. The predicted octanol–water partition coefficient (Wildman–Crippen LogP) is 6.12. The Bertz CT molecular complexity index is 1240. The second-order valence-corrected chi connectivity index (χ2v) is 9.09. The van der Waals surface area contributed by atoms with Crippen molar-refractivity contribution in [3.8, 4) is 5.75 Å². The molecule has 3 aromatic rings. The highest BCUT2D eigenvalue weighted by Gasteiger charge is 2.22. The number of amides is 1. The first-order valence-electron chi connectivity index (χ1n) is 12.3. The molecule has 0 bridgehead atoms. The van der Waals surface area contributed by atoms with E-state index in [1.54, 1.807) is 6.20 Å². The van der Waals surface area contributed by atoms with Gasteiger partial charge in [-0.15, -0.1) is 0 Å². The Morgan fingerprint density at radius 3 is 2.80 bits per heavy atom. The average Bonchev–Trinajstić information content (AvgIpc) is 3.40. The summed E-state index contributed by atoms with van der Waals surface area (Å²) < 4.78 is 6.35. The molecule has 6 heteroatoms.